The molecule has 33 heavy (non-hydrogen) atoms. The zero-order valence-electron chi connectivity index (χ0n) is 19.0. The standard InChI is InChI=1S/C24H28N4O4S/c1-4-5-6-9-12-33-24-26-23(30)20-16-10-7-8-11-17(16)25-22(28(20)27-24)15-13-18(31-2)21(29)19(14-15)32-3/h7-8,10-11,13-14,22,29H,4-6,9,12H2,1-3H3,(H,26,27,30). The van der Waals surface area contributed by atoms with Crippen LogP contribution in [0, 0.1) is 0 Å². The maximum absolute atomic E-state index is 13.2. The van der Waals surface area contributed by atoms with Gasteiger partial charge in [-0.1, -0.05) is 56.1 Å². The second-order valence-electron chi connectivity index (χ2n) is 7.76. The first-order valence-corrected chi connectivity index (χ1v) is 12.0. The lowest BCUT2D eigenvalue weighted by Crippen LogP contribution is -2.50. The SMILES string of the molecule is CCCCCCSC1=NN2C(=c3ccccc3=NC2c2cc(OC)c(O)c(OC)c2)C(=O)N1. The number of carbonyl (C=O) groups excluding carboxylic acids is 1. The second-order valence-corrected chi connectivity index (χ2v) is 8.84. The van der Waals surface area contributed by atoms with E-state index in [2.05, 4.69) is 12.2 Å². The molecule has 0 spiro atoms. The average Bonchev–Trinajstić information content (AvgIpc) is 2.83. The fourth-order valence-electron chi connectivity index (χ4n) is 3.87. The first-order valence-electron chi connectivity index (χ1n) is 11.0. The summed E-state index contributed by atoms with van der Waals surface area (Å²) in [5.41, 5.74) is 1.12. The summed E-state index contributed by atoms with van der Waals surface area (Å²) in [6, 6.07) is 10.9. The van der Waals surface area contributed by atoms with Crippen LogP contribution in [-0.4, -0.2) is 41.2 Å². The molecule has 8 nitrogen and oxygen atoms in total. The Balaban J connectivity index is 1.77. The number of para-hydroxylation sites is 1. The number of amidine groups is 1. The number of hydrogen-bond donors (Lipinski definition) is 2. The highest BCUT2D eigenvalue weighted by Crippen LogP contribution is 2.41. The van der Waals surface area contributed by atoms with Gasteiger partial charge in [-0.25, -0.2) is 5.01 Å². The quantitative estimate of drug-likeness (QED) is 0.579. The molecule has 2 aromatic carbocycles. The number of nitrogens with one attached hydrogen (secondary N) is 1. The van der Waals surface area contributed by atoms with Crippen molar-refractivity contribution < 1.29 is 19.4 Å². The van der Waals surface area contributed by atoms with Crippen molar-refractivity contribution in [2.75, 3.05) is 20.0 Å². The van der Waals surface area contributed by atoms with Crippen molar-refractivity contribution in [1.82, 2.24) is 10.3 Å². The summed E-state index contributed by atoms with van der Waals surface area (Å²) in [5.74, 6) is 1.09. The minimum Gasteiger partial charge on any atom is -0.502 e. The third-order valence-corrected chi connectivity index (χ3v) is 6.50. The molecule has 0 saturated carbocycles. The van der Waals surface area contributed by atoms with Crippen LogP contribution in [0.5, 0.6) is 17.2 Å². The minimum absolute atomic E-state index is 0.0904. The van der Waals surface area contributed by atoms with Gasteiger partial charge in [0.1, 0.15) is 5.70 Å². The summed E-state index contributed by atoms with van der Waals surface area (Å²) in [4.78, 5) is 18.1. The first-order chi connectivity index (χ1) is 16.1. The zero-order valence-corrected chi connectivity index (χ0v) is 19.8. The van der Waals surface area contributed by atoms with Crippen molar-refractivity contribution in [2.45, 2.75) is 38.8 Å². The van der Waals surface area contributed by atoms with Gasteiger partial charge in [0, 0.05) is 16.5 Å². The van der Waals surface area contributed by atoms with Gasteiger partial charge >= 0.3 is 0 Å². The minimum atomic E-state index is -0.625. The van der Waals surface area contributed by atoms with E-state index in [0.717, 1.165) is 23.8 Å². The van der Waals surface area contributed by atoms with Crippen LogP contribution in [0.25, 0.3) is 5.70 Å². The Bertz CT molecular complexity index is 1170. The predicted octanol–water partition coefficient (Wildman–Crippen LogP) is 2.87. The van der Waals surface area contributed by atoms with Crippen molar-refractivity contribution in [2.24, 2.45) is 10.1 Å². The van der Waals surface area contributed by atoms with Crippen molar-refractivity contribution in [3.05, 3.63) is 52.5 Å². The summed E-state index contributed by atoms with van der Waals surface area (Å²) >= 11 is 1.54. The molecule has 0 radical (unpaired) electrons. The summed E-state index contributed by atoms with van der Waals surface area (Å²) in [5, 5.41) is 21.7. The number of carbonyl (C=O) groups is 1. The Morgan fingerprint density at radius 3 is 2.55 bits per heavy atom. The second kappa shape index (κ2) is 10.2. The molecule has 4 rings (SSSR count). The molecule has 0 saturated heterocycles. The number of ether oxygens (including phenoxy) is 2. The third kappa shape index (κ3) is 4.64. The molecule has 1 unspecified atom stereocenters. The van der Waals surface area contributed by atoms with Crippen molar-refractivity contribution >= 4 is 28.5 Å². The molecular weight excluding hydrogens is 440 g/mol. The molecule has 0 aromatic heterocycles. The van der Waals surface area contributed by atoms with E-state index in [1.54, 1.807) is 17.1 Å². The number of aromatic hydroxyl groups is 1. The van der Waals surface area contributed by atoms with Crippen LogP contribution in [-0.2, 0) is 4.79 Å². The first kappa shape index (κ1) is 23.0. The maximum atomic E-state index is 13.2. The Hall–Kier alpha value is -3.20. The molecule has 0 fully saturated rings. The molecule has 2 heterocycles. The lowest BCUT2D eigenvalue weighted by Gasteiger charge is -2.34. The molecule has 2 aromatic rings. The zero-order chi connectivity index (χ0) is 23.4. The number of rotatable bonds is 8. The number of unbranched alkanes of at least 4 members (excludes halogenated alkanes) is 3. The number of fused-ring (bicyclic) bond motifs is 2. The van der Waals surface area contributed by atoms with Crippen LogP contribution >= 0.6 is 11.8 Å². The lowest BCUT2D eigenvalue weighted by atomic mass is 10.1. The van der Waals surface area contributed by atoms with Crippen LogP contribution in [0.3, 0.4) is 0 Å². The topological polar surface area (TPSA) is 95.8 Å². The van der Waals surface area contributed by atoms with Gasteiger partial charge in [0.05, 0.1) is 19.6 Å². The van der Waals surface area contributed by atoms with Crippen LogP contribution in [0.4, 0.5) is 0 Å². The van der Waals surface area contributed by atoms with E-state index in [1.807, 2.05) is 24.3 Å². The van der Waals surface area contributed by atoms with Crippen molar-refractivity contribution in [3.8, 4) is 17.2 Å². The van der Waals surface area contributed by atoms with E-state index in [9.17, 15) is 9.90 Å². The molecule has 0 bridgehead atoms. The van der Waals surface area contributed by atoms with Gasteiger partial charge in [-0.15, -0.1) is 5.10 Å². The van der Waals surface area contributed by atoms with Crippen LogP contribution in [0.1, 0.15) is 44.3 Å². The van der Waals surface area contributed by atoms with Gasteiger partial charge < -0.3 is 14.6 Å². The maximum Gasteiger partial charge on any atom is 0.276 e. The van der Waals surface area contributed by atoms with Crippen molar-refractivity contribution in [1.29, 1.82) is 0 Å². The summed E-state index contributed by atoms with van der Waals surface area (Å²) in [6.07, 6.45) is 3.97. The van der Waals surface area contributed by atoms with E-state index in [0.29, 0.717) is 21.8 Å². The number of thioether (sulfide) groups is 1. The summed E-state index contributed by atoms with van der Waals surface area (Å²) in [6.45, 7) is 2.18. The predicted molar refractivity (Wildman–Crippen MR) is 129 cm³/mol. The van der Waals surface area contributed by atoms with E-state index in [1.165, 1.54) is 38.8 Å². The van der Waals surface area contributed by atoms with Gasteiger partial charge in [-0.3, -0.25) is 15.1 Å². The Kier molecular flexibility index (Phi) is 7.08. The number of phenols is 1. The number of amides is 1. The molecule has 0 aliphatic carbocycles. The van der Waals surface area contributed by atoms with E-state index in [4.69, 9.17) is 19.6 Å². The number of hydrazone groups is 1. The van der Waals surface area contributed by atoms with Gasteiger partial charge in [0.2, 0.25) is 5.75 Å². The number of hydrogen-bond acceptors (Lipinski definition) is 8. The molecule has 9 heteroatoms. The molecule has 2 aliphatic rings. The number of benzene rings is 2. The van der Waals surface area contributed by atoms with E-state index < -0.39 is 6.17 Å². The van der Waals surface area contributed by atoms with Crippen LogP contribution < -0.4 is 25.4 Å². The van der Waals surface area contributed by atoms with Crippen LogP contribution in [0.15, 0.2) is 46.5 Å². The Morgan fingerprint density at radius 1 is 1.12 bits per heavy atom. The Labute approximate surface area is 197 Å². The average molecular weight is 469 g/mol. The molecular formula is C24H28N4O4S. The van der Waals surface area contributed by atoms with Gasteiger partial charge in [0.25, 0.3) is 5.91 Å². The fraction of sp³-hybridized carbons (Fsp3) is 0.375. The normalized spacial score (nSPS) is 16.9. The van der Waals surface area contributed by atoms with Crippen LogP contribution in [0.2, 0.25) is 0 Å². The highest BCUT2D eigenvalue weighted by molar-refractivity contribution is 8.13. The molecule has 2 aliphatic heterocycles. The summed E-state index contributed by atoms with van der Waals surface area (Å²) in [7, 11) is 2.95. The largest absolute Gasteiger partial charge is 0.502 e. The third-order valence-electron chi connectivity index (χ3n) is 5.55. The molecule has 2 N–H and O–H groups in total. The van der Waals surface area contributed by atoms with E-state index in [-0.39, 0.29) is 23.2 Å². The monoisotopic (exact) mass is 468 g/mol. The van der Waals surface area contributed by atoms with Crippen molar-refractivity contribution in [3.63, 3.8) is 0 Å². The highest BCUT2D eigenvalue weighted by atomic mass is 32.2. The molecule has 1 amide bonds. The smallest absolute Gasteiger partial charge is 0.276 e. The highest BCUT2D eigenvalue weighted by Gasteiger charge is 2.35. The Morgan fingerprint density at radius 2 is 1.85 bits per heavy atom. The number of nitrogens with zero attached hydrogens (tertiary/aromatic N) is 3. The number of methoxy groups -OCH3 is 2. The molecule has 174 valence electrons. The van der Waals surface area contributed by atoms with E-state index >= 15 is 0 Å². The molecule has 1 atom stereocenters. The fourth-order valence-corrected chi connectivity index (χ4v) is 4.72. The summed E-state index contributed by atoms with van der Waals surface area (Å²) < 4.78 is 10.7. The van der Waals surface area contributed by atoms with Gasteiger partial charge in [0.15, 0.2) is 22.8 Å². The lowest BCUT2D eigenvalue weighted by molar-refractivity contribution is -0.116. The van der Waals surface area contributed by atoms with Gasteiger partial charge in [-0.05, 0) is 24.6 Å². The van der Waals surface area contributed by atoms with Gasteiger partial charge in [-0.2, -0.15) is 0 Å². The number of phenolic OH excluding ortho intramolecular Hbond substituents is 1.